The third-order valence-electron chi connectivity index (χ3n) is 2.46. The van der Waals surface area contributed by atoms with Gasteiger partial charge in [-0.25, -0.2) is 9.78 Å². The Labute approximate surface area is 121 Å². The van der Waals surface area contributed by atoms with Crippen molar-refractivity contribution in [2.24, 2.45) is 0 Å². The minimum atomic E-state index is -4.68. The molecule has 1 heterocycles. The average molecular weight is 318 g/mol. The molecule has 0 saturated carbocycles. The first-order chi connectivity index (χ1) is 9.79. The summed E-state index contributed by atoms with van der Waals surface area (Å²) < 4.78 is 43.5. The zero-order valence-corrected chi connectivity index (χ0v) is 10.9. The predicted octanol–water partition coefficient (Wildman–Crippen LogP) is 4.24. The normalized spacial score (nSPS) is 11.2. The SMILES string of the molecule is O=C(O)c1ccc(Cl)cc1Oc1ncccc1C(F)(F)F. The smallest absolute Gasteiger partial charge is 0.421 e. The van der Waals surface area contributed by atoms with Crippen LogP contribution in [-0.4, -0.2) is 16.1 Å². The Hall–Kier alpha value is -2.28. The molecule has 0 aliphatic carbocycles. The molecule has 4 nitrogen and oxygen atoms in total. The number of carbonyl (C=O) groups is 1. The standard InChI is InChI=1S/C13H7ClF3NO3/c14-7-3-4-8(12(19)20)10(6-7)21-11-9(13(15,16)17)2-1-5-18-11/h1-6H,(H,19,20). The number of hydrogen-bond donors (Lipinski definition) is 1. The van der Waals surface area contributed by atoms with Crippen LogP contribution in [0.5, 0.6) is 11.6 Å². The molecule has 0 amide bonds. The quantitative estimate of drug-likeness (QED) is 0.919. The monoisotopic (exact) mass is 317 g/mol. The number of aromatic nitrogens is 1. The van der Waals surface area contributed by atoms with Gasteiger partial charge in [0, 0.05) is 17.3 Å². The third kappa shape index (κ3) is 3.43. The molecule has 0 atom stereocenters. The Morgan fingerprint density at radius 2 is 2.00 bits per heavy atom. The van der Waals surface area contributed by atoms with Crippen LogP contribution in [0.2, 0.25) is 5.02 Å². The van der Waals surface area contributed by atoms with E-state index in [0.717, 1.165) is 30.5 Å². The van der Waals surface area contributed by atoms with E-state index in [4.69, 9.17) is 21.4 Å². The van der Waals surface area contributed by atoms with Crippen LogP contribution in [0, 0.1) is 0 Å². The van der Waals surface area contributed by atoms with Crippen LogP contribution in [0.4, 0.5) is 13.2 Å². The van der Waals surface area contributed by atoms with Gasteiger partial charge in [-0.1, -0.05) is 11.6 Å². The third-order valence-corrected chi connectivity index (χ3v) is 2.69. The molecule has 0 unspecified atom stereocenters. The van der Waals surface area contributed by atoms with E-state index in [0.29, 0.717) is 0 Å². The van der Waals surface area contributed by atoms with Crippen LogP contribution in [-0.2, 0) is 6.18 Å². The molecule has 0 saturated heterocycles. The lowest BCUT2D eigenvalue weighted by Crippen LogP contribution is -2.09. The highest BCUT2D eigenvalue weighted by Gasteiger charge is 2.35. The van der Waals surface area contributed by atoms with Gasteiger partial charge >= 0.3 is 12.1 Å². The maximum Gasteiger partial charge on any atom is 0.421 e. The fraction of sp³-hybridized carbons (Fsp3) is 0.0769. The minimum absolute atomic E-state index is 0.125. The van der Waals surface area contributed by atoms with Crippen LogP contribution >= 0.6 is 11.6 Å². The van der Waals surface area contributed by atoms with Crippen molar-refractivity contribution in [2.45, 2.75) is 6.18 Å². The van der Waals surface area contributed by atoms with Gasteiger partial charge in [-0.2, -0.15) is 13.2 Å². The lowest BCUT2D eigenvalue weighted by molar-refractivity contribution is -0.138. The molecule has 8 heteroatoms. The van der Waals surface area contributed by atoms with E-state index in [1.54, 1.807) is 0 Å². The Morgan fingerprint density at radius 1 is 1.29 bits per heavy atom. The number of nitrogens with zero attached hydrogens (tertiary/aromatic N) is 1. The first-order valence-electron chi connectivity index (χ1n) is 5.52. The van der Waals surface area contributed by atoms with E-state index in [2.05, 4.69) is 4.98 Å². The molecule has 0 bridgehead atoms. The Bertz CT molecular complexity index is 689. The molecule has 2 rings (SSSR count). The molecule has 0 aliphatic rings. The summed E-state index contributed by atoms with van der Waals surface area (Å²) in [7, 11) is 0. The summed E-state index contributed by atoms with van der Waals surface area (Å²) >= 11 is 5.70. The topological polar surface area (TPSA) is 59.4 Å². The van der Waals surface area contributed by atoms with Crippen LogP contribution in [0.3, 0.4) is 0 Å². The maximum atomic E-state index is 12.8. The summed E-state index contributed by atoms with van der Waals surface area (Å²) in [5.41, 5.74) is -1.43. The van der Waals surface area contributed by atoms with Crippen molar-refractivity contribution in [1.82, 2.24) is 4.98 Å². The van der Waals surface area contributed by atoms with Gasteiger partial charge in [0.25, 0.3) is 0 Å². The van der Waals surface area contributed by atoms with E-state index in [9.17, 15) is 18.0 Å². The molecule has 0 fully saturated rings. The first-order valence-corrected chi connectivity index (χ1v) is 5.90. The van der Waals surface area contributed by atoms with Crippen molar-refractivity contribution < 1.29 is 27.8 Å². The van der Waals surface area contributed by atoms with Crippen LogP contribution < -0.4 is 4.74 Å². The molecule has 2 aromatic rings. The van der Waals surface area contributed by atoms with Crippen molar-refractivity contribution in [3.8, 4) is 11.6 Å². The van der Waals surface area contributed by atoms with E-state index < -0.39 is 23.6 Å². The number of rotatable bonds is 3. The largest absolute Gasteiger partial charge is 0.478 e. The van der Waals surface area contributed by atoms with Crippen LogP contribution in [0.1, 0.15) is 15.9 Å². The summed E-state index contributed by atoms with van der Waals surface area (Å²) in [6, 6.07) is 5.43. The molecule has 0 spiro atoms. The summed E-state index contributed by atoms with van der Waals surface area (Å²) in [5, 5.41) is 9.12. The van der Waals surface area contributed by atoms with E-state index >= 15 is 0 Å². The van der Waals surface area contributed by atoms with Gasteiger partial charge in [0.15, 0.2) is 0 Å². The Balaban J connectivity index is 2.49. The van der Waals surface area contributed by atoms with E-state index in [1.165, 1.54) is 6.07 Å². The highest BCUT2D eigenvalue weighted by molar-refractivity contribution is 6.30. The van der Waals surface area contributed by atoms with Crippen molar-refractivity contribution in [3.63, 3.8) is 0 Å². The van der Waals surface area contributed by atoms with Crippen LogP contribution in [0.25, 0.3) is 0 Å². The van der Waals surface area contributed by atoms with Crippen molar-refractivity contribution in [1.29, 1.82) is 0 Å². The second-order valence-electron chi connectivity index (χ2n) is 3.90. The molecule has 1 N–H and O–H groups in total. The van der Waals surface area contributed by atoms with Crippen molar-refractivity contribution in [2.75, 3.05) is 0 Å². The van der Waals surface area contributed by atoms with Gasteiger partial charge < -0.3 is 9.84 Å². The zero-order chi connectivity index (χ0) is 15.6. The molecular formula is C13H7ClF3NO3. The number of carboxylic acids is 1. The Kier molecular flexibility index (Phi) is 4.04. The number of benzene rings is 1. The van der Waals surface area contributed by atoms with E-state index in [-0.39, 0.29) is 16.3 Å². The fourth-order valence-corrected chi connectivity index (χ4v) is 1.71. The minimum Gasteiger partial charge on any atom is -0.478 e. The zero-order valence-electron chi connectivity index (χ0n) is 10.2. The highest BCUT2D eigenvalue weighted by atomic mass is 35.5. The van der Waals surface area contributed by atoms with Gasteiger partial charge in [-0.3, -0.25) is 0 Å². The summed E-state index contributed by atoms with van der Waals surface area (Å²) in [6.07, 6.45) is -3.57. The lowest BCUT2D eigenvalue weighted by Gasteiger charge is -2.13. The van der Waals surface area contributed by atoms with Gasteiger partial charge in [-0.15, -0.1) is 0 Å². The first kappa shape index (κ1) is 15.1. The number of ether oxygens (including phenoxy) is 1. The average Bonchev–Trinajstić information content (AvgIpc) is 2.37. The number of alkyl halides is 3. The molecule has 21 heavy (non-hydrogen) atoms. The molecule has 1 aromatic carbocycles. The highest BCUT2D eigenvalue weighted by Crippen LogP contribution is 2.37. The molecule has 110 valence electrons. The molecular weight excluding hydrogens is 311 g/mol. The summed E-state index contributed by atoms with van der Waals surface area (Å²) in [6.45, 7) is 0. The number of aromatic carboxylic acids is 1. The number of pyridine rings is 1. The maximum absolute atomic E-state index is 12.8. The molecule has 1 aromatic heterocycles. The van der Waals surface area contributed by atoms with E-state index in [1.807, 2.05) is 0 Å². The molecule has 0 radical (unpaired) electrons. The van der Waals surface area contributed by atoms with Crippen LogP contribution in [0.15, 0.2) is 36.5 Å². The fourth-order valence-electron chi connectivity index (χ4n) is 1.55. The molecule has 0 aliphatic heterocycles. The van der Waals surface area contributed by atoms with Gasteiger partial charge in [-0.05, 0) is 24.3 Å². The number of hydrogen-bond acceptors (Lipinski definition) is 3. The number of carboxylic acid groups (broad SMARTS) is 1. The summed E-state index contributed by atoms with van der Waals surface area (Å²) in [5.74, 6) is -2.42. The van der Waals surface area contributed by atoms with Crippen molar-refractivity contribution >= 4 is 17.6 Å². The lowest BCUT2D eigenvalue weighted by atomic mass is 10.2. The predicted molar refractivity (Wildman–Crippen MR) is 67.7 cm³/mol. The summed E-state index contributed by atoms with van der Waals surface area (Å²) in [4.78, 5) is 14.5. The van der Waals surface area contributed by atoms with Gasteiger partial charge in [0.1, 0.15) is 16.9 Å². The number of halogens is 4. The van der Waals surface area contributed by atoms with Gasteiger partial charge in [0.2, 0.25) is 5.88 Å². The second-order valence-corrected chi connectivity index (χ2v) is 4.34. The Morgan fingerprint density at radius 3 is 2.62 bits per heavy atom. The van der Waals surface area contributed by atoms with Crippen molar-refractivity contribution in [3.05, 3.63) is 52.7 Å². The van der Waals surface area contributed by atoms with Gasteiger partial charge in [0.05, 0.1) is 0 Å². The second kappa shape index (κ2) is 5.61.